The van der Waals surface area contributed by atoms with Crippen molar-refractivity contribution in [3.05, 3.63) is 48.2 Å². The predicted molar refractivity (Wildman–Crippen MR) is 84.5 cm³/mol. The van der Waals surface area contributed by atoms with Crippen molar-refractivity contribution < 1.29 is 18.7 Å². The van der Waals surface area contributed by atoms with Crippen LogP contribution in [0.15, 0.2) is 36.8 Å². The number of hydrogen-bond donors (Lipinski definition) is 0. The number of rotatable bonds is 4. The molecular weight excluding hydrogens is 313 g/mol. The van der Waals surface area contributed by atoms with Crippen molar-refractivity contribution in [2.45, 2.75) is 18.9 Å². The van der Waals surface area contributed by atoms with E-state index in [1.807, 2.05) is 0 Å². The fourth-order valence-corrected chi connectivity index (χ4v) is 2.72. The molecule has 1 aromatic carbocycles. The number of hydrogen-bond acceptors (Lipinski definition) is 5. The minimum absolute atomic E-state index is 0.121. The van der Waals surface area contributed by atoms with Crippen LogP contribution in [0.5, 0.6) is 11.6 Å². The summed E-state index contributed by atoms with van der Waals surface area (Å²) in [5.41, 5.74) is 0.302. The first kappa shape index (κ1) is 16.2. The molecule has 0 saturated carbocycles. The number of methoxy groups -OCH3 is 1. The van der Waals surface area contributed by atoms with Crippen LogP contribution in [-0.4, -0.2) is 47.1 Å². The summed E-state index contributed by atoms with van der Waals surface area (Å²) >= 11 is 0. The Labute approximate surface area is 139 Å². The zero-order chi connectivity index (χ0) is 16.9. The van der Waals surface area contributed by atoms with Crippen molar-refractivity contribution >= 4 is 5.91 Å². The second kappa shape index (κ2) is 7.25. The Morgan fingerprint density at radius 2 is 2.25 bits per heavy atom. The van der Waals surface area contributed by atoms with E-state index in [-0.39, 0.29) is 17.8 Å². The largest absolute Gasteiger partial charge is 0.494 e. The number of carbonyl (C=O) groups is 1. The normalized spacial score (nSPS) is 17.4. The Bertz CT molecular complexity index is 711. The molecule has 0 spiro atoms. The smallest absolute Gasteiger partial charge is 0.254 e. The summed E-state index contributed by atoms with van der Waals surface area (Å²) in [6.45, 7) is 1.06. The summed E-state index contributed by atoms with van der Waals surface area (Å²) in [6.07, 6.45) is 4.54. The van der Waals surface area contributed by atoms with Crippen LogP contribution in [0.4, 0.5) is 4.39 Å². The maximum atomic E-state index is 13.8. The molecule has 1 unspecified atom stereocenters. The molecule has 0 aliphatic carbocycles. The standard InChI is InChI=1S/C17H18FN3O3/c1-23-15-5-4-12(9-14(15)18)17(22)21-8-2-3-13(10-21)24-16-6-7-19-11-20-16/h4-7,9,11,13H,2-3,8,10H2,1H3. The second-order valence-corrected chi connectivity index (χ2v) is 5.53. The molecule has 3 rings (SSSR count). The number of ether oxygens (including phenoxy) is 2. The van der Waals surface area contributed by atoms with E-state index >= 15 is 0 Å². The van der Waals surface area contributed by atoms with E-state index in [2.05, 4.69) is 9.97 Å². The molecule has 2 heterocycles. The number of piperidine rings is 1. The maximum absolute atomic E-state index is 13.8. The van der Waals surface area contributed by atoms with E-state index in [1.54, 1.807) is 23.2 Å². The average Bonchev–Trinajstić information content (AvgIpc) is 2.62. The van der Waals surface area contributed by atoms with Gasteiger partial charge in [0.1, 0.15) is 12.4 Å². The Hall–Kier alpha value is -2.70. The van der Waals surface area contributed by atoms with Crippen molar-refractivity contribution in [3.8, 4) is 11.6 Å². The lowest BCUT2D eigenvalue weighted by Gasteiger charge is -2.32. The molecule has 1 amide bonds. The van der Waals surface area contributed by atoms with Gasteiger partial charge in [-0.1, -0.05) is 0 Å². The molecule has 1 aromatic heterocycles. The van der Waals surface area contributed by atoms with Gasteiger partial charge in [-0.2, -0.15) is 0 Å². The van der Waals surface area contributed by atoms with Crippen LogP contribution in [0.1, 0.15) is 23.2 Å². The van der Waals surface area contributed by atoms with Gasteiger partial charge in [-0.05, 0) is 31.0 Å². The molecule has 1 aliphatic rings. The molecule has 0 bridgehead atoms. The van der Waals surface area contributed by atoms with Gasteiger partial charge in [-0.25, -0.2) is 14.4 Å². The van der Waals surface area contributed by atoms with Gasteiger partial charge in [0, 0.05) is 24.4 Å². The van der Waals surface area contributed by atoms with Crippen LogP contribution in [0.2, 0.25) is 0 Å². The minimum Gasteiger partial charge on any atom is -0.494 e. The van der Waals surface area contributed by atoms with E-state index in [1.165, 1.54) is 25.6 Å². The third kappa shape index (κ3) is 3.61. The van der Waals surface area contributed by atoms with Gasteiger partial charge in [-0.3, -0.25) is 4.79 Å². The van der Waals surface area contributed by atoms with Crippen molar-refractivity contribution in [1.82, 2.24) is 14.9 Å². The first-order valence-electron chi connectivity index (χ1n) is 7.73. The topological polar surface area (TPSA) is 64.5 Å². The van der Waals surface area contributed by atoms with E-state index in [0.29, 0.717) is 24.5 Å². The molecule has 1 atom stereocenters. The van der Waals surface area contributed by atoms with Gasteiger partial charge >= 0.3 is 0 Å². The van der Waals surface area contributed by atoms with Gasteiger partial charge in [0.2, 0.25) is 5.88 Å². The number of aromatic nitrogens is 2. The SMILES string of the molecule is COc1ccc(C(=O)N2CCCC(Oc3ccncn3)C2)cc1F. The number of halogens is 1. The van der Waals surface area contributed by atoms with Gasteiger partial charge in [-0.15, -0.1) is 0 Å². The fraction of sp³-hybridized carbons (Fsp3) is 0.353. The van der Waals surface area contributed by atoms with Crippen LogP contribution in [0.3, 0.4) is 0 Å². The monoisotopic (exact) mass is 331 g/mol. The molecule has 126 valence electrons. The summed E-state index contributed by atoms with van der Waals surface area (Å²) in [5, 5.41) is 0. The number of amides is 1. The van der Waals surface area contributed by atoms with Crippen LogP contribution in [-0.2, 0) is 0 Å². The van der Waals surface area contributed by atoms with E-state index < -0.39 is 5.82 Å². The molecule has 2 aromatic rings. The number of benzene rings is 1. The van der Waals surface area contributed by atoms with Gasteiger partial charge < -0.3 is 14.4 Å². The molecule has 0 radical (unpaired) electrons. The molecule has 1 fully saturated rings. The first-order valence-corrected chi connectivity index (χ1v) is 7.73. The predicted octanol–water partition coefficient (Wildman–Crippen LogP) is 2.31. The lowest BCUT2D eigenvalue weighted by molar-refractivity contribution is 0.0527. The maximum Gasteiger partial charge on any atom is 0.254 e. The summed E-state index contributed by atoms with van der Waals surface area (Å²) in [4.78, 5) is 22.1. The van der Waals surface area contributed by atoms with E-state index in [0.717, 1.165) is 12.8 Å². The number of carbonyl (C=O) groups excluding carboxylic acids is 1. The second-order valence-electron chi connectivity index (χ2n) is 5.53. The highest BCUT2D eigenvalue weighted by Crippen LogP contribution is 2.21. The molecule has 1 saturated heterocycles. The van der Waals surface area contributed by atoms with Crippen LogP contribution in [0.25, 0.3) is 0 Å². The molecule has 24 heavy (non-hydrogen) atoms. The van der Waals surface area contributed by atoms with Crippen molar-refractivity contribution in [2.75, 3.05) is 20.2 Å². The molecule has 0 N–H and O–H groups in total. The minimum atomic E-state index is -0.547. The van der Waals surface area contributed by atoms with E-state index in [4.69, 9.17) is 9.47 Å². The number of nitrogens with zero attached hydrogens (tertiary/aromatic N) is 3. The third-order valence-electron chi connectivity index (χ3n) is 3.91. The Morgan fingerprint density at radius 1 is 1.38 bits per heavy atom. The highest BCUT2D eigenvalue weighted by molar-refractivity contribution is 5.94. The molecule has 1 aliphatic heterocycles. The van der Waals surface area contributed by atoms with Gasteiger partial charge in [0.15, 0.2) is 11.6 Å². The summed E-state index contributed by atoms with van der Waals surface area (Å²) in [6, 6.07) is 5.91. The summed E-state index contributed by atoms with van der Waals surface area (Å²) < 4.78 is 24.5. The highest BCUT2D eigenvalue weighted by atomic mass is 19.1. The molecule has 7 heteroatoms. The summed E-state index contributed by atoms with van der Waals surface area (Å²) in [7, 11) is 1.39. The lowest BCUT2D eigenvalue weighted by atomic mass is 10.1. The van der Waals surface area contributed by atoms with Gasteiger partial charge in [0.05, 0.1) is 13.7 Å². The summed E-state index contributed by atoms with van der Waals surface area (Å²) in [5.74, 6) is -0.156. The average molecular weight is 331 g/mol. The first-order chi connectivity index (χ1) is 11.7. The molecule has 6 nitrogen and oxygen atoms in total. The highest BCUT2D eigenvalue weighted by Gasteiger charge is 2.26. The zero-order valence-corrected chi connectivity index (χ0v) is 13.3. The quantitative estimate of drug-likeness (QED) is 0.860. The Balaban J connectivity index is 1.67. The van der Waals surface area contributed by atoms with Crippen LogP contribution >= 0.6 is 0 Å². The van der Waals surface area contributed by atoms with Crippen LogP contribution < -0.4 is 9.47 Å². The number of likely N-dealkylation sites (tertiary alicyclic amines) is 1. The zero-order valence-electron chi connectivity index (χ0n) is 13.3. The Kier molecular flexibility index (Phi) is 4.88. The van der Waals surface area contributed by atoms with Crippen molar-refractivity contribution in [2.24, 2.45) is 0 Å². The van der Waals surface area contributed by atoms with Gasteiger partial charge in [0.25, 0.3) is 5.91 Å². The third-order valence-corrected chi connectivity index (χ3v) is 3.91. The Morgan fingerprint density at radius 3 is 2.96 bits per heavy atom. The lowest BCUT2D eigenvalue weighted by Crippen LogP contribution is -2.44. The van der Waals surface area contributed by atoms with Crippen LogP contribution in [0, 0.1) is 5.82 Å². The van der Waals surface area contributed by atoms with E-state index in [9.17, 15) is 9.18 Å². The van der Waals surface area contributed by atoms with Crippen molar-refractivity contribution in [3.63, 3.8) is 0 Å². The molecular formula is C17H18FN3O3. The fourth-order valence-electron chi connectivity index (χ4n) is 2.72. The van der Waals surface area contributed by atoms with Crippen molar-refractivity contribution in [1.29, 1.82) is 0 Å².